The van der Waals surface area contributed by atoms with Crippen molar-refractivity contribution in [3.8, 4) is 11.3 Å². The molecular weight excluding hydrogens is 296 g/mol. The fraction of sp³-hybridized carbons (Fsp3) is 0.238. The molecule has 0 aliphatic heterocycles. The van der Waals surface area contributed by atoms with E-state index in [1.54, 1.807) is 0 Å². The molecule has 122 valence electrons. The number of fused-ring (bicyclic) bond motifs is 1. The van der Waals surface area contributed by atoms with Crippen LogP contribution in [-0.4, -0.2) is 17.4 Å². The summed E-state index contributed by atoms with van der Waals surface area (Å²) in [5.41, 5.74) is 5.86. The van der Waals surface area contributed by atoms with Crippen LogP contribution in [0.5, 0.6) is 0 Å². The minimum absolute atomic E-state index is 0.0412. The van der Waals surface area contributed by atoms with Crippen molar-refractivity contribution in [2.24, 2.45) is 0 Å². The van der Waals surface area contributed by atoms with E-state index in [0.29, 0.717) is 12.1 Å². The lowest BCUT2D eigenvalue weighted by Gasteiger charge is -2.11. The summed E-state index contributed by atoms with van der Waals surface area (Å²) >= 11 is 0. The number of aromatic nitrogens is 1. The summed E-state index contributed by atoms with van der Waals surface area (Å²) in [6.07, 6.45) is 0.915. The van der Waals surface area contributed by atoms with Gasteiger partial charge in [0.1, 0.15) is 0 Å². The third kappa shape index (κ3) is 3.16. The van der Waals surface area contributed by atoms with Crippen molar-refractivity contribution in [1.82, 2.24) is 10.3 Å². The predicted octanol–water partition coefficient (Wildman–Crippen LogP) is 4.66. The Balaban J connectivity index is 2.15. The molecule has 1 N–H and O–H groups in total. The van der Waals surface area contributed by atoms with Gasteiger partial charge in [-0.1, -0.05) is 37.3 Å². The van der Waals surface area contributed by atoms with Gasteiger partial charge in [-0.25, -0.2) is 4.98 Å². The zero-order chi connectivity index (χ0) is 17.1. The highest BCUT2D eigenvalue weighted by atomic mass is 16.1. The van der Waals surface area contributed by atoms with Crippen LogP contribution in [0.2, 0.25) is 0 Å². The maximum atomic E-state index is 12.6. The Morgan fingerprint density at radius 2 is 1.83 bits per heavy atom. The van der Waals surface area contributed by atoms with Crippen LogP contribution in [0, 0.1) is 13.8 Å². The minimum atomic E-state index is -0.0412. The van der Waals surface area contributed by atoms with Crippen LogP contribution >= 0.6 is 0 Å². The molecule has 3 heteroatoms. The summed E-state index contributed by atoms with van der Waals surface area (Å²) < 4.78 is 0. The number of hydrogen-bond acceptors (Lipinski definition) is 2. The topological polar surface area (TPSA) is 42.0 Å². The number of carbonyl (C=O) groups is 1. The van der Waals surface area contributed by atoms with Crippen LogP contribution in [0.4, 0.5) is 0 Å². The van der Waals surface area contributed by atoms with Crippen LogP contribution in [0.15, 0.2) is 48.5 Å². The Morgan fingerprint density at radius 3 is 2.58 bits per heavy atom. The summed E-state index contributed by atoms with van der Waals surface area (Å²) in [5, 5.41) is 3.86. The Labute approximate surface area is 142 Å². The van der Waals surface area contributed by atoms with Crippen LogP contribution in [-0.2, 0) is 0 Å². The van der Waals surface area contributed by atoms with E-state index in [0.717, 1.165) is 28.6 Å². The minimum Gasteiger partial charge on any atom is -0.352 e. The number of amides is 1. The van der Waals surface area contributed by atoms with E-state index in [1.165, 1.54) is 11.1 Å². The molecule has 0 aliphatic carbocycles. The molecule has 0 bridgehead atoms. The summed E-state index contributed by atoms with van der Waals surface area (Å²) in [5.74, 6) is -0.0412. The lowest BCUT2D eigenvalue weighted by Crippen LogP contribution is -2.24. The van der Waals surface area contributed by atoms with Crippen molar-refractivity contribution in [3.63, 3.8) is 0 Å². The fourth-order valence-corrected chi connectivity index (χ4v) is 2.75. The molecule has 1 heterocycles. The summed E-state index contributed by atoms with van der Waals surface area (Å²) in [6, 6.07) is 16.0. The van der Waals surface area contributed by atoms with Gasteiger partial charge in [0.2, 0.25) is 0 Å². The van der Waals surface area contributed by atoms with Crippen molar-refractivity contribution >= 4 is 16.8 Å². The van der Waals surface area contributed by atoms with Crippen LogP contribution in [0.25, 0.3) is 22.2 Å². The number of rotatable bonds is 4. The van der Waals surface area contributed by atoms with Crippen molar-refractivity contribution in [3.05, 3.63) is 65.2 Å². The molecule has 0 radical (unpaired) electrons. The Hall–Kier alpha value is -2.68. The van der Waals surface area contributed by atoms with Gasteiger partial charge in [0.05, 0.1) is 16.8 Å². The van der Waals surface area contributed by atoms with Gasteiger partial charge in [-0.05, 0) is 49.6 Å². The highest BCUT2D eigenvalue weighted by Gasteiger charge is 2.13. The normalized spacial score (nSPS) is 10.8. The summed E-state index contributed by atoms with van der Waals surface area (Å²) in [6.45, 7) is 6.91. The molecule has 0 spiro atoms. The van der Waals surface area contributed by atoms with E-state index in [1.807, 2.05) is 37.3 Å². The SMILES string of the molecule is CCCNC(=O)c1cc(-c2ccc(C)c(C)c2)nc2ccccc12. The van der Waals surface area contributed by atoms with Crippen molar-refractivity contribution < 1.29 is 4.79 Å². The van der Waals surface area contributed by atoms with E-state index in [9.17, 15) is 4.79 Å². The van der Waals surface area contributed by atoms with E-state index in [-0.39, 0.29) is 5.91 Å². The molecule has 2 aromatic carbocycles. The van der Waals surface area contributed by atoms with E-state index in [2.05, 4.69) is 37.4 Å². The molecule has 0 atom stereocenters. The fourth-order valence-electron chi connectivity index (χ4n) is 2.75. The smallest absolute Gasteiger partial charge is 0.252 e. The van der Waals surface area contributed by atoms with Gasteiger partial charge in [0.15, 0.2) is 0 Å². The quantitative estimate of drug-likeness (QED) is 0.760. The first-order chi connectivity index (χ1) is 11.6. The molecule has 3 rings (SSSR count). The van der Waals surface area contributed by atoms with Crippen molar-refractivity contribution in [2.45, 2.75) is 27.2 Å². The average Bonchev–Trinajstić information content (AvgIpc) is 2.61. The van der Waals surface area contributed by atoms with Gasteiger partial charge in [-0.15, -0.1) is 0 Å². The van der Waals surface area contributed by atoms with Crippen LogP contribution < -0.4 is 5.32 Å². The Morgan fingerprint density at radius 1 is 1.04 bits per heavy atom. The number of hydrogen-bond donors (Lipinski definition) is 1. The van der Waals surface area contributed by atoms with E-state index >= 15 is 0 Å². The number of para-hydroxylation sites is 1. The van der Waals surface area contributed by atoms with E-state index < -0.39 is 0 Å². The Bertz CT molecular complexity index is 899. The Kier molecular flexibility index (Phi) is 4.61. The zero-order valence-electron chi connectivity index (χ0n) is 14.4. The van der Waals surface area contributed by atoms with Gasteiger partial charge in [-0.2, -0.15) is 0 Å². The molecule has 1 amide bonds. The van der Waals surface area contributed by atoms with Crippen LogP contribution in [0.1, 0.15) is 34.8 Å². The highest BCUT2D eigenvalue weighted by molar-refractivity contribution is 6.07. The number of benzene rings is 2. The average molecular weight is 318 g/mol. The second kappa shape index (κ2) is 6.83. The largest absolute Gasteiger partial charge is 0.352 e. The molecular formula is C21H22N2O. The van der Waals surface area contributed by atoms with Gasteiger partial charge >= 0.3 is 0 Å². The maximum absolute atomic E-state index is 12.6. The molecule has 0 fully saturated rings. The number of carbonyl (C=O) groups excluding carboxylic acids is 1. The molecule has 3 aromatic rings. The molecule has 0 saturated heterocycles. The van der Waals surface area contributed by atoms with Gasteiger partial charge in [0, 0.05) is 17.5 Å². The molecule has 3 nitrogen and oxygen atoms in total. The lowest BCUT2D eigenvalue weighted by atomic mass is 10.0. The molecule has 0 aliphatic rings. The summed E-state index contributed by atoms with van der Waals surface area (Å²) in [7, 11) is 0. The first-order valence-corrected chi connectivity index (χ1v) is 8.35. The number of pyridine rings is 1. The first-order valence-electron chi connectivity index (χ1n) is 8.35. The van der Waals surface area contributed by atoms with Gasteiger partial charge < -0.3 is 5.32 Å². The lowest BCUT2D eigenvalue weighted by molar-refractivity contribution is 0.0955. The summed E-state index contributed by atoms with van der Waals surface area (Å²) in [4.78, 5) is 17.3. The number of nitrogens with zero attached hydrogens (tertiary/aromatic N) is 1. The molecule has 24 heavy (non-hydrogen) atoms. The molecule has 0 unspecified atom stereocenters. The zero-order valence-corrected chi connectivity index (χ0v) is 14.4. The predicted molar refractivity (Wildman–Crippen MR) is 99.3 cm³/mol. The second-order valence-corrected chi connectivity index (χ2v) is 6.13. The number of nitrogens with one attached hydrogen (secondary N) is 1. The number of aryl methyl sites for hydroxylation is 2. The monoisotopic (exact) mass is 318 g/mol. The van der Waals surface area contributed by atoms with Crippen molar-refractivity contribution in [1.29, 1.82) is 0 Å². The van der Waals surface area contributed by atoms with Gasteiger partial charge in [0.25, 0.3) is 5.91 Å². The van der Waals surface area contributed by atoms with Crippen molar-refractivity contribution in [2.75, 3.05) is 6.54 Å². The molecule has 1 aromatic heterocycles. The third-order valence-electron chi connectivity index (χ3n) is 4.30. The second-order valence-electron chi connectivity index (χ2n) is 6.13. The van der Waals surface area contributed by atoms with Gasteiger partial charge in [-0.3, -0.25) is 4.79 Å². The molecule has 0 saturated carbocycles. The van der Waals surface area contributed by atoms with Crippen LogP contribution in [0.3, 0.4) is 0 Å². The standard InChI is InChI=1S/C21H22N2O/c1-4-11-22-21(24)18-13-20(16-10-9-14(2)15(3)12-16)23-19-8-6-5-7-17(18)19/h5-10,12-13H,4,11H2,1-3H3,(H,22,24). The van der Waals surface area contributed by atoms with E-state index in [4.69, 9.17) is 4.98 Å². The highest BCUT2D eigenvalue weighted by Crippen LogP contribution is 2.26. The maximum Gasteiger partial charge on any atom is 0.252 e. The first kappa shape index (κ1) is 16.2. The third-order valence-corrected chi connectivity index (χ3v) is 4.30.